The van der Waals surface area contributed by atoms with E-state index >= 15 is 0 Å². The highest BCUT2D eigenvalue weighted by Gasteiger charge is 2.23. The number of ketones is 2. The van der Waals surface area contributed by atoms with Gasteiger partial charge in [-0.15, -0.1) is 0 Å². The van der Waals surface area contributed by atoms with Gasteiger partial charge in [0.1, 0.15) is 18.1 Å². The standard InChI is InChI=1S/C11H16O6/c1-4-16-11(15)8(3)9(13)6-17-10(14)5-7(2)12/h8H,4-6H2,1-3H3. The van der Waals surface area contributed by atoms with E-state index in [1.807, 2.05) is 0 Å². The summed E-state index contributed by atoms with van der Waals surface area (Å²) >= 11 is 0. The summed E-state index contributed by atoms with van der Waals surface area (Å²) in [6, 6.07) is 0. The van der Waals surface area contributed by atoms with Crippen LogP contribution in [-0.2, 0) is 28.7 Å². The van der Waals surface area contributed by atoms with Crippen molar-refractivity contribution in [1.29, 1.82) is 0 Å². The first-order valence-corrected chi connectivity index (χ1v) is 5.22. The third-order valence-corrected chi connectivity index (χ3v) is 1.89. The molecule has 1 atom stereocenters. The molecule has 0 aromatic heterocycles. The Kier molecular flexibility index (Phi) is 6.77. The van der Waals surface area contributed by atoms with Gasteiger partial charge in [0.2, 0.25) is 0 Å². The molecule has 0 aliphatic carbocycles. The van der Waals surface area contributed by atoms with E-state index < -0.39 is 30.2 Å². The number of hydrogen-bond donors (Lipinski definition) is 0. The first-order valence-electron chi connectivity index (χ1n) is 5.22. The Bertz CT molecular complexity index is 320. The van der Waals surface area contributed by atoms with Crippen molar-refractivity contribution in [3.8, 4) is 0 Å². The maximum absolute atomic E-state index is 11.4. The molecular formula is C11H16O6. The normalized spacial score (nSPS) is 11.5. The maximum Gasteiger partial charge on any atom is 0.316 e. The lowest BCUT2D eigenvalue weighted by Crippen LogP contribution is -2.28. The van der Waals surface area contributed by atoms with E-state index in [2.05, 4.69) is 9.47 Å². The summed E-state index contributed by atoms with van der Waals surface area (Å²) < 4.78 is 9.19. The lowest BCUT2D eigenvalue weighted by atomic mass is 10.1. The Morgan fingerprint density at radius 1 is 1.12 bits per heavy atom. The van der Waals surface area contributed by atoms with Gasteiger partial charge in [0.25, 0.3) is 0 Å². The highest BCUT2D eigenvalue weighted by atomic mass is 16.5. The Hall–Kier alpha value is -1.72. The largest absolute Gasteiger partial charge is 0.465 e. The van der Waals surface area contributed by atoms with Gasteiger partial charge in [-0.1, -0.05) is 0 Å². The summed E-state index contributed by atoms with van der Waals surface area (Å²) in [6.45, 7) is 3.90. The van der Waals surface area contributed by atoms with E-state index in [4.69, 9.17) is 0 Å². The first-order chi connectivity index (χ1) is 7.88. The fourth-order valence-electron chi connectivity index (χ4n) is 0.930. The third kappa shape index (κ3) is 6.44. The monoisotopic (exact) mass is 244 g/mol. The topological polar surface area (TPSA) is 86.7 Å². The molecule has 0 amide bonds. The van der Waals surface area contributed by atoms with Crippen molar-refractivity contribution >= 4 is 23.5 Å². The number of rotatable bonds is 7. The molecule has 0 bridgehead atoms. The van der Waals surface area contributed by atoms with Crippen LogP contribution in [0.4, 0.5) is 0 Å². The Morgan fingerprint density at radius 2 is 1.71 bits per heavy atom. The van der Waals surface area contributed by atoms with Crippen LogP contribution >= 0.6 is 0 Å². The van der Waals surface area contributed by atoms with Crippen LogP contribution in [0.15, 0.2) is 0 Å². The van der Waals surface area contributed by atoms with Crippen molar-refractivity contribution in [1.82, 2.24) is 0 Å². The van der Waals surface area contributed by atoms with E-state index in [0.29, 0.717) is 0 Å². The van der Waals surface area contributed by atoms with Gasteiger partial charge in [-0.05, 0) is 20.8 Å². The highest BCUT2D eigenvalue weighted by molar-refractivity contribution is 6.00. The van der Waals surface area contributed by atoms with Gasteiger partial charge >= 0.3 is 11.9 Å². The van der Waals surface area contributed by atoms with Gasteiger partial charge in [-0.2, -0.15) is 0 Å². The second kappa shape index (κ2) is 7.54. The average Bonchev–Trinajstić information content (AvgIpc) is 2.24. The molecule has 0 radical (unpaired) electrons. The second-order valence-corrected chi connectivity index (χ2v) is 3.48. The molecule has 17 heavy (non-hydrogen) atoms. The minimum Gasteiger partial charge on any atom is -0.465 e. The fourth-order valence-corrected chi connectivity index (χ4v) is 0.930. The van der Waals surface area contributed by atoms with Crippen LogP contribution in [0.5, 0.6) is 0 Å². The van der Waals surface area contributed by atoms with Gasteiger partial charge in [0.05, 0.1) is 6.61 Å². The van der Waals surface area contributed by atoms with Crippen molar-refractivity contribution in [3.63, 3.8) is 0 Å². The highest BCUT2D eigenvalue weighted by Crippen LogP contribution is 2.02. The Morgan fingerprint density at radius 3 is 2.18 bits per heavy atom. The van der Waals surface area contributed by atoms with Crippen molar-refractivity contribution in [2.75, 3.05) is 13.2 Å². The summed E-state index contributed by atoms with van der Waals surface area (Å²) in [5.74, 6) is -3.30. The summed E-state index contributed by atoms with van der Waals surface area (Å²) in [4.78, 5) is 44.1. The molecule has 0 aromatic carbocycles. The van der Waals surface area contributed by atoms with Crippen LogP contribution in [0.1, 0.15) is 27.2 Å². The zero-order valence-corrected chi connectivity index (χ0v) is 10.1. The van der Waals surface area contributed by atoms with Gasteiger partial charge < -0.3 is 9.47 Å². The molecule has 0 saturated carbocycles. The van der Waals surface area contributed by atoms with E-state index in [1.54, 1.807) is 6.92 Å². The van der Waals surface area contributed by atoms with Gasteiger partial charge in [-0.25, -0.2) is 0 Å². The van der Waals surface area contributed by atoms with Gasteiger partial charge in [0.15, 0.2) is 12.4 Å². The van der Waals surface area contributed by atoms with Crippen molar-refractivity contribution in [3.05, 3.63) is 0 Å². The van der Waals surface area contributed by atoms with Crippen LogP contribution in [0, 0.1) is 5.92 Å². The Balaban J connectivity index is 4.05. The van der Waals surface area contributed by atoms with Crippen LogP contribution in [0.2, 0.25) is 0 Å². The SMILES string of the molecule is CCOC(=O)C(C)C(=O)COC(=O)CC(C)=O. The molecule has 0 saturated heterocycles. The fraction of sp³-hybridized carbons (Fsp3) is 0.636. The van der Waals surface area contributed by atoms with Crippen molar-refractivity contribution < 1.29 is 28.7 Å². The molecule has 1 unspecified atom stereocenters. The summed E-state index contributed by atoms with van der Waals surface area (Å²) in [6.07, 6.45) is -0.374. The molecule has 0 fully saturated rings. The number of Topliss-reactive ketones (excluding diaryl/α,β-unsaturated/α-hetero) is 2. The molecule has 0 aliphatic heterocycles. The first kappa shape index (κ1) is 15.3. The summed E-state index contributed by atoms with van der Waals surface area (Å²) in [5, 5.41) is 0. The molecule has 6 nitrogen and oxygen atoms in total. The molecule has 0 heterocycles. The van der Waals surface area contributed by atoms with Gasteiger partial charge in [0, 0.05) is 0 Å². The average molecular weight is 244 g/mol. The van der Waals surface area contributed by atoms with Crippen molar-refractivity contribution in [2.45, 2.75) is 27.2 Å². The van der Waals surface area contributed by atoms with E-state index in [9.17, 15) is 19.2 Å². The molecule has 96 valence electrons. The van der Waals surface area contributed by atoms with Crippen molar-refractivity contribution in [2.24, 2.45) is 5.92 Å². The molecule has 0 aromatic rings. The van der Waals surface area contributed by atoms with Crippen LogP contribution in [0.25, 0.3) is 0 Å². The molecule has 0 spiro atoms. The maximum atomic E-state index is 11.4. The third-order valence-electron chi connectivity index (χ3n) is 1.89. The number of esters is 2. The number of ether oxygens (including phenoxy) is 2. The zero-order valence-electron chi connectivity index (χ0n) is 10.1. The molecule has 0 rings (SSSR count). The Labute approximate surface area is 99.3 Å². The van der Waals surface area contributed by atoms with E-state index in [0.717, 1.165) is 0 Å². The lowest BCUT2D eigenvalue weighted by Gasteiger charge is -2.09. The zero-order chi connectivity index (χ0) is 13.4. The second-order valence-electron chi connectivity index (χ2n) is 3.48. The van der Waals surface area contributed by atoms with E-state index in [1.165, 1.54) is 13.8 Å². The quantitative estimate of drug-likeness (QED) is 0.472. The number of carbonyl (C=O) groups excluding carboxylic acids is 4. The van der Waals surface area contributed by atoms with Crippen LogP contribution in [-0.4, -0.2) is 36.7 Å². The summed E-state index contributed by atoms with van der Waals surface area (Å²) in [7, 11) is 0. The molecule has 6 heteroatoms. The summed E-state index contributed by atoms with van der Waals surface area (Å²) in [5.41, 5.74) is 0. The minimum atomic E-state index is -0.972. The predicted octanol–water partition coefficient (Wildman–Crippen LogP) is 0.277. The van der Waals surface area contributed by atoms with Gasteiger partial charge in [-0.3, -0.25) is 19.2 Å². The lowest BCUT2D eigenvalue weighted by molar-refractivity contribution is -0.156. The molecular weight excluding hydrogens is 228 g/mol. The minimum absolute atomic E-state index is 0.181. The predicted molar refractivity (Wildman–Crippen MR) is 57.1 cm³/mol. The van der Waals surface area contributed by atoms with Crippen LogP contribution in [0.3, 0.4) is 0 Å². The van der Waals surface area contributed by atoms with E-state index in [-0.39, 0.29) is 18.8 Å². The number of hydrogen-bond acceptors (Lipinski definition) is 6. The molecule has 0 N–H and O–H groups in total. The molecule has 0 aliphatic rings. The van der Waals surface area contributed by atoms with Crippen LogP contribution < -0.4 is 0 Å². The smallest absolute Gasteiger partial charge is 0.316 e. The number of carbonyl (C=O) groups is 4.